The van der Waals surface area contributed by atoms with Gasteiger partial charge in [-0.1, -0.05) is 43.4 Å². The van der Waals surface area contributed by atoms with Crippen LogP contribution < -0.4 is 21.6 Å². The van der Waals surface area contributed by atoms with Crippen LogP contribution in [0.15, 0.2) is 54.8 Å². The van der Waals surface area contributed by atoms with Gasteiger partial charge in [-0.25, -0.2) is 0 Å². The van der Waals surface area contributed by atoms with Gasteiger partial charge in [-0.15, -0.1) is 5.53 Å². The lowest BCUT2D eigenvalue weighted by atomic mass is 9.98. The minimum atomic E-state index is -0.213. The van der Waals surface area contributed by atoms with Crippen LogP contribution in [0.25, 0.3) is 10.9 Å². The molecule has 0 spiro atoms. The van der Waals surface area contributed by atoms with Crippen molar-refractivity contribution < 1.29 is 0 Å². The number of nitriles is 1. The maximum absolute atomic E-state index is 10.0. The lowest BCUT2D eigenvalue weighted by Gasteiger charge is -2.42. The predicted octanol–water partition coefficient (Wildman–Crippen LogP) is 6.87. The summed E-state index contributed by atoms with van der Waals surface area (Å²) in [6.07, 6.45) is 16.8. The molecule has 2 fully saturated rings. The van der Waals surface area contributed by atoms with Gasteiger partial charge in [0.15, 0.2) is 0 Å². The Labute approximate surface area is 266 Å². The van der Waals surface area contributed by atoms with Crippen molar-refractivity contribution in [2.75, 3.05) is 23.7 Å². The highest BCUT2D eigenvalue weighted by Gasteiger charge is 2.32. The highest BCUT2D eigenvalue weighted by molar-refractivity contribution is 6.35. The summed E-state index contributed by atoms with van der Waals surface area (Å²) in [5.41, 5.74) is 11.9. The van der Waals surface area contributed by atoms with E-state index in [0.717, 1.165) is 66.8 Å². The molecular formula is C34H44ClN9. The van der Waals surface area contributed by atoms with Gasteiger partial charge in [0, 0.05) is 66.6 Å². The van der Waals surface area contributed by atoms with E-state index in [0.29, 0.717) is 28.2 Å². The lowest BCUT2D eigenvalue weighted by Crippen LogP contribution is -2.52. The van der Waals surface area contributed by atoms with E-state index in [4.69, 9.17) is 11.6 Å². The van der Waals surface area contributed by atoms with Crippen molar-refractivity contribution in [1.29, 1.82) is 5.26 Å². The van der Waals surface area contributed by atoms with Crippen LogP contribution in [0.5, 0.6) is 0 Å². The zero-order chi connectivity index (χ0) is 30.7. The Morgan fingerprint density at radius 2 is 1.84 bits per heavy atom. The molecular weight excluding hydrogens is 570 g/mol. The second-order valence-corrected chi connectivity index (χ2v) is 13.7. The summed E-state index contributed by atoms with van der Waals surface area (Å²) in [7, 11) is 0. The van der Waals surface area contributed by atoms with Gasteiger partial charge in [-0.2, -0.15) is 5.26 Å². The molecule has 0 amide bonds. The Kier molecular flexibility index (Phi) is 9.13. The number of benzene rings is 1. The first kappa shape index (κ1) is 30.4. The van der Waals surface area contributed by atoms with E-state index in [2.05, 4.69) is 86.6 Å². The summed E-state index contributed by atoms with van der Waals surface area (Å²) in [5, 5.41) is 21.1. The Balaban J connectivity index is 1.30. The van der Waals surface area contributed by atoms with Crippen molar-refractivity contribution in [1.82, 2.24) is 30.8 Å². The van der Waals surface area contributed by atoms with Crippen LogP contribution in [0.2, 0.25) is 5.02 Å². The zero-order valence-electron chi connectivity index (χ0n) is 26.0. The molecule has 4 heterocycles. The first-order chi connectivity index (χ1) is 21.3. The molecule has 6 rings (SSSR count). The van der Waals surface area contributed by atoms with Gasteiger partial charge < -0.3 is 16.1 Å². The van der Waals surface area contributed by atoms with Crippen molar-refractivity contribution in [3.63, 3.8) is 0 Å². The number of hydrogen-bond donors (Lipinski definition) is 4. The first-order valence-electron chi connectivity index (χ1n) is 16.0. The predicted molar refractivity (Wildman–Crippen MR) is 178 cm³/mol. The maximum atomic E-state index is 10.0. The molecule has 44 heavy (non-hydrogen) atoms. The van der Waals surface area contributed by atoms with Crippen molar-refractivity contribution >= 4 is 33.9 Å². The summed E-state index contributed by atoms with van der Waals surface area (Å²) >= 11 is 6.88. The van der Waals surface area contributed by atoms with Gasteiger partial charge >= 0.3 is 0 Å². The highest BCUT2D eigenvalue weighted by Crippen LogP contribution is 2.37. The fourth-order valence-corrected chi connectivity index (χ4v) is 7.03. The van der Waals surface area contributed by atoms with Crippen LogP contribution in [0.4, 0.5) is 11.4 Å². The van der Waals surface area contributed by atoms with Gasteiger partial charge in [-0.05, 0) is 70.2 Å². The van der Waals surface area contributed by atoms with E-state index in [1.807, 2.05) is 18.3 Å². The minimum absolute atomic E-state index is 0.188. The molecule has 232 valence electrons. The van der Waals surface area contributed by atoms with Crippen molar-refractivity contribution in [2.24, 2.45) is 0 Å². The molecule has 4 N–H and O–H groups in total. The maximum Gasteiger partial charge on any atom is 0.103 e. The van der Waals surface area contributed by atoms with E-state index < -0.39 is 0 Å². The van der Waals surface area contributed by atoms with Crippen LogP contribution in [0, 0.1) is 11.3 Å². The van der Waals surface area contributed by atoms with Crippen LogP contribution in [-0.2, 0) is 0 Å². The van der Waals surface area contributed by atoms with E-state index >= 15 is 0 Å². The summed E-state index contributed by atoms with van der Waals surface area (Å²) in [6, 6.07) is 10.9. The van der Waals surface area contributed by atoms with Crippen LogP contribution >= 0.6 is 11.6 Å². The van der Waals surface area contributed by atoms with E-state index in [9.17, 15) is 5.26 Å². The average Bonchev–Trinajstić information content (AvgIpc) is 3.37. The number of nitrogens with zero attached hydrogens (tertiary/aromatic N) is 5. The molecule has 1 atom stereocenters. The number of halogens is 1. The Hall–Kier alpha value is -3.58. The number of likely N-dealkylation sites (tertiary alicyclic amines) is 1. The third-order valence-electron chi connectivity index (χ3n) is 9.30. The molecule has 0 radical (unpaired) electrons. The quantitative estimate of drug-likeness (QED) is 0.212. The van der Waals surface area contributed by atoms with Crippen LogP contribution in [0.1, 0.15) is 89.3 Å². The number of rotatable bonds is 7. The summed E-state index contributed by atoms with van der Waals surface area (Å²) in [4.78, 5) is 11.6. The van der Waals surface area contributed by atoms with Gasteiger partial charge in [0.1, 0.15) is 6.07 Å². The molecule has 3 aromatic rings. The largest absolute Gasteiger partial charge is 0.381 e. The molecule has 9 nitrogen and oxygen atoms in total. The fourth-order valence-electron chi connectivity index (χ4n) is 6.77. The van der Waals surface area contributed by atoms with Gasteiger partial charge in [-0.3, -0.25) is 19.9 Å². The monoisotopic (exact) mass is 613 g/mol. The van der Waals surface area contributed by atoms with E-state index in [1.54, 1.807) is 12.4 Å². The molecule has 1 aromatic carbocycles. The molecule has 2 aliphatic heterocycles. The number of nitrogens with one attached hydrogen (secondary N) is 4. The lowest BCUT2D eigenvalue weighted by molar-refractivity contribution is 0.0570. The molecule has 1 saturated carbocycles. The van der Waals surface area contributed by atoms with Crippen molar-refractivity contribution in [2.45, 2.75) is 95.8 Å². The van der Waals surface area contributed by atoms with Crippen molar-refractivity contribution in [3.05, 3.63) is 70.9 Å². The standard InChI is InChI=1S/C34H44ClN9/c1-34(2,3)43-15-12-27(13-16-43)44-22-30(41-42-44)32(23-9-8-14-37-20-23)40-26-17-28-31(39-25-10-6-4-5-7-11-25)24(19-36)21-38-33(28)29(35)18-26/h8-9,14,17-18,20-22,25,27,32,40-42H,4-7,10-13,15-16H2,1-3H3,(H,38,39)/t32-/m0/s1. The molecule has 1 saturated heterocycles. The van der Waals surface area contributed by atoms with Crippen LogP contribution in [0.3, 0.4) is 0 Å². The number of piperidine rings is 1. The molecule has 0 unspecified atom stereocenters. The topological polar surface area (TPSA) is 104 Å². The summed E-state index contributed by atoms with van der Waals surface area (Å²) < 4.78 is 0. The van der Waals surface area contributed by atoms with Crippen molar-refractivity contribution in [3.8, 4) is 6.07 Å². The van der Waals surface area contributed by atoms with Crippen LogP contribution in [-0.4, -0.2) is 50.6 Å². The number of hydrogen-bond acceptors (Lipinski definition) is 9. The second-order valence-electron chi connectivity index (χ2n) is 13.3. The highest BCUT2D eigenvalue weighted by atomic mass is 35.5. The summed E-state index contributed by atoms with van der Waals surface area (Å²) in [6.45, 7) is 9.02. The number of aromatic nitrogens is 2. The van der Waals surface area contributed by atoms with Gasteiger partial charge in [0.05, 0.1) is 33.5 Å². The third-order valence-corrected chi connectivity index (χ3v) is 9.59. The Morgan fingerprint density at radius 1 is 1.07 bits per heavy atom. The summed E-state index contributed by atoms with van der Waals surface area (Å²) in [5.74, 6) is 0. The third kappa shape index (κ3) is 6.73. The number of hydrazine groups is 2. The van der Waals surface area contributed by atoms with Gasteiger partial charge in [0.2, 0.25) is 0 Å². The van der Waals surface area contributed by atoms with E-state index in [-0.39, 0.29) is 11.6 Å². The molecule has 0 bridgehead atoms. The molecule has 1 aliphatic carbocycles. The fraction of sp³-hybridized carbons (Fsp3) is 0.500. The average molecular weight is 614 g/mol. The number of pyridine rings is 2. The number of anilines is 2. The molecule has 2 aromatic heterocycles. The van der Waals surface area contributed by atoms with Gasteiger partial charge in [0.25, 0.3) is 0 Å². The SMILES string of the molecule is CC(C)(C)N1CCC(N2C=C([C@@H](Nc3cc(Cl)c4ncc(C#N)c(NC5CCCCCC5)c4c3)c3cccnc3)NN2)CC1. The molecule has 3 aliphatic rings. The minimum Gasteiger partial charge on any atom is -0.381 e. The molecule has 10 heteroatoms. The zero-order valence-corrected chi connectivity index (χ0v) is 26.8. The normalized spacial score (nSPS) is 19.6. The Morgan fingerprint density at radius 3 is 2.52 bits per heavy atom. The Bertz CT molecular complexity index is 1510. The second kappa shape index (κ2) is 13.2. The first-order valence-corrected chi connectivity index (χ1v) is 16.4. The van der Waals surface area contributed by atoms with E-state index in [1.165, 1.54) is 25.7 Å². The smallest absolute Gasteiger partial charge is 0.103 e. The number of fused-ring (bicyclic) bond motifs is 1.